The molecule has 2 rings (SSSR count). The Balaban J connectivity index is 0.00000162. The van der Waals surface area contributed by atoms with Gasteiger partial charge >= 0.3 is 0 Å². The molecular weight excluding hydrogens is 302 g/mol. The van der Waals surface area contributed by atoms with Crippen molar-refractivity contribution in [2.24, 2.45) is 0 Å². The summed E-state index contributed by atoms with van der Waals surface area (Å²) in [6.07, 6.45) is 2.54. The van der Waals surface area contributed by atoms with E-state index in [1.54, 1.807) is 0 Å². The fourth-order valence-electron chi connectivity index (χ4n) is 3.79. The second kappa shape index (κ2) is 6.63. The second-order valence-corrected chi connectivity index (χ2v) is 5.45. The molecule has 2 heterocycles. The van der Waals surface area contributed by atoms with Crippen LogP contribution in [0.25, 0.3) is 0 Å². The standard InChI is InChI=1S/C12H24NO4.BrH/c14-7-9-11(16)12(17)10(8-15)13(9)5-3-1-2-4-6-13;/h9-12,14-17H,1-8H2;1H/q+1;/p-1/t9-,10-,11-,12-;/m0./s1. The quantitative estimate of drug-likeness (QED) is 0.388. The highest BCUT2D eigenvalue weighted by Crippen LogP contribution is 2.36. The molecule has 2 fully saturated rings. The average Bonchev–Trinajstić information content (AvgIpc) is 2.52. The molecule has 0 amide bonds. The predicted octanol–water partition coefficient (Wildman–Crippen LogP) is -4.16. The summed E-state index contributed by atoms with van der Waals surface area (Å²) in [7, 11) is 0. The number of halogens is 1. The zero-order chi connectivity index (χ0) is 12.5. The summed E-state index contributed by atoms with van der Waals surface area (Å²) in [5.74, 6) is 0. The van der Waals surface area contributed by atoms with E-state index in [2.05, 4.69) is 0 Å². The van der Waals surface area contributed by atoms with Crippen LogP contribution >= 0.6 is 0 Å². The van der Waals surface area contributed by atoms with Crippen molar-refractivity contribution in [2.45, 2.75) is 50.0 Å². The zero-order valence-corrected chi connectivity index (χ0v) is 12.2. The molecule has 2 aliphatic rings. The van der Waals surface area contributed by atoms with E-state index in [0.29, 0.717) is 4.48 Å². The number of hydrogen-bond acceptors (Lipinski definition) is 4. The van der Waals surface area contributed by atoms with Gasteiger partial charge in [0.2, 0.25) is 0 Å². The molecule has 0 radical (unpaired) electrons. The number of aliphatic hydroxyl groups excluding tert-OH is 4. The molecule has 0 aliphatic carbocycles. The van der Waals surface area contributed by atoms with Crippen molar-refractivity contribution in [1.82, 2.24) is 0 Å². The van der Waals surface area contributed by atoms with E-state index >= 15 is 0 Å². The van der Waals surface area contributed by atoms with Crippen molar-refractivity contribution in [3.05, 3.63) is 0 Å². The largest absolute Gasteiger partial charge is 1.00 e. The molecular formula is C12H24BrNO4. The number of hydrogen-bond donors (Lipinski definition) is 4. The summed E-state index contributed by atoms with van der Waals surface area (Å²) < 4.78 is 0.495. The smallest absolute Gasteiger partial charge is 0.142 e. The average molecular weight is 326 g/mol. The van der Waals surface area contributed by atoms with Crippen LogP contribution in [0, 0.1) is 0 Å². The Hall–Kier alpha value is 0.280. The van der Waals surface area contributed by atoms with Crippen molar-refractivity contribution in [1.29, 1.82) is 0 Å². The summed E-state index contributed by atoms with van der Waals surface area (Å²) in [6, 6.07) is -0.694. The maximum Gasteiger partial charge on any atom is 0.142 e. The van der Waals surface area contributed by atoms with Crippen molar-refractivity contribution >= 4 is 0 Å². The molecule has 6 heteroatoms. The lowest BCUT2D eigenvalue weighted by molar-refractivity contribution is -0.963. The second-order valence-electron chi connectivity index (χ2n) is 5.45. The van der Waals surface area contributed by atoms with E-state index in [1.165, 1.54) is 0 Å². The molecule has 4 atom stereocenters. The molecule has 2 saturated heterocycles. The maximum atomic E-state index is 10.0. The molecule has 108 valence electrons. The molecule has 2 aliphatic heterocycles. The fourth-order valence-corrected chi connectivity index (χ4v) is 3.79. The molecule has 1 spiro atoms. The zero-order valence-electron chi connectivity index (χ0n) is 10.6. The van der Waals surface area contributed by atoms with Gasteiger partial charge in [0.25, 0.3) is 0 Å². The van der Waals surface area contributed by atoms with Gasteiger partial charge in [-0.3, -0.25) is 0 Å². The van der Waals surface area contributed by atoms with Crippen LogP contribution in [0.1, 0.15) is 25.7 Å². The normalized spacial score (nSPS) is 39.3. The van der Waals surface area contributed by atoms with Gasteiger partial charge in [-0.25, -0.2) is 0 Å². The minimum Gasteiger partial charge on any atom is -1.00 e. The van der Waals surface area contributed by atoms with Gasteiger partial charge in [-0.2, -0.15) is 0 Å². The minimum atomic E-state index is -0.921. The molecule has 4 N–H and O–H groups in total. The van der Waals surface area contributed by atoms with Gasteiger partial charge < -0.3 is 41.9 Å². The number of aliphatic hydroxyl groups is 4. The third kappa shape index (κ3) is 2.46. The lowest BCUT2D eigenvalue weighted by atomic mass is 10.1. The van der Waals surface area contributed by atoms with E-state index in [-0.39, 0.29) is 42.3 Å². The molecule has 0 saturated carbocycles. The first-order valence-corrected chi connectivity index (χ1v) is 6.61. The Morgan fingerprint density at radius 1 is 0.778 bits per heavy atom. The predicted molar refractivity (Wildman–Crippen MR) is 62.2 cm³/mol. The van der Waals surface area contributed by atoms with E-state index in [4.69, 9.17) is 0 Å². The Morgan fingerprint density at radius 2 is 1.17 bits per heavy atom. The molecule has 0 aromatic heterocycles. The van der Waals surface area contributed by atoms with Gasteiger partial charge in [-0.1, -0.05) is 0 Å². The lowest BCUT2D eigenvalue weighted by Gasteiger charge is -2.43. The van der Waals surface area contributed by atoms with Crippen LogP contribution < -0.4 is 17.0 Å². The summed E-state index contributed by atoms with van der Waals surface area (Å²) in [5.41, 5.74) is 0. The minimum absolute atomic E-state index is 0. The highest BCUT2D eigenvalue weighted by Gasteiger charge is 2.59. The summed E-state index contributed by atoms with van der Waals surface area (Å²) in [6.45, 7) is 1.42. The SMILES string of the molecule is OC[C@H]1[C@H](O)[C@@H](O)[C@H](CO)[N+]12CCCCCC2.[Br-]. The van der Waals surface area contributed by atoms with Crippen LogP contribution in [0.3, 0.4) is 0 Å². The Bertz CT molecular complexity index is 240. The molecule has 0 aromatic rings. The first kappa shape index (κ1) is 16.3. The highest BCUT2D eigenvalue weighted by atomic mass is 79.9. The summed E-state index contributed by atoms with van der Waals surface area (Å²) in [5, 5.41) is 39.1. The van der Waals surface area contributed by atoms with Gasteiger partial charge in [0, 0.05) is 0 Å². The van der Waals surface area contributed by atoms with Crippen LogP contribution in [0.2, 0.25) is 0 Å². The van der Waals surface area contributed by atoms with Crippen LogP contribution in [0.15, 0.2) is 0 Å². The van der Waals surface area contributed by atoms with Crippen molar-refractivity contribution < 1.29 is 41.9 Å². The highest BCUT2D eigenvalue weighted by molar-refractivity contribution is 4.92. The molecule has 0 bridgehead atoms. The first-order chi connectivity index (χ1) is 8.17. The van der Waals surface area contributed by atoms with E-state index in [9.17, 15) is 20.4 Å². The van der Waals surface area contributed by atoms with Crippen LogP contribution in [0.4, 0.5) is 0 Å². The molecule has 0 aromatic carbocycles. The Labute approximate surface area is 118 Å². The number of nitrogens with zero attached hydrogens (tertiary/aromatic N) is 1. The van der Waals surface area contributed by atoms with E-state index in [0.717, 1.165) is 38.8 Å². The molecule has 0 unspecified atom stereocenters. The van der Waals surface area contributed by atoms with Crippen molar-refractivity contribution in [2.75, 3.05) is 26.3 Å². The summed E-state index contributed by atoms with van der Waals surface area (Å²) in [4.78, 5) is 0. The van der Waals surface area contributed by atoms with Crippen molar-refractivity contribution in [3.63, 3.8) is 0 Å². The third-order valence-electron chi connectivity index (χ3n) is 4.73. The van der Waals surface area contributed by atoms with Gasteiger partial charge in [0.15, 0.2) is 0 Å². The molecule has 5 nitrogen and oxygen atoms in total. The van der Waals surface area contributed by atoms with Crippen molar-refractivity contribution in [3.8, 4) is 0 Å². The topological polar surface area (TPSA) is 80.9 Å². The Kier molecular flexibility index (Phi) is 6.02. The van der Waals surface area contributed by atoms with Gasteiger partial charge in [-0.05, 0) is 25.7 Å². The van der Waals surface area contributed by atoms with Crippen LogP contribution in [0.5, 0.6) is 0 Å². The fraction of sp³-hybridized carbons (Fsp3) is 1.00. The summed E-state index contributed by atoms with van der Waals surface area (Å²) >= 11 is 0. The van der Waals surface area contributed by atoms with Crippen LogP contribution in [-0.2, 0) is 0 Å². The van der Waals surface area contributed by atoms with E-state index < -0.39 is 12.2 Å². The maximum absolute atomic E-state index is 10.0. The number of quaternary nitrogens is 1. The van der Waals surface area contributed by atoms with Gasteiger partial charge in [0.05, 0.1) is 26.3 Å². The lowest BCUT2D eigenvalue weighted by Crippen LogP contribution is -3.00. The monoisotopic (exact) mass is 325 g/mol. The first-order valence-electron chi connectivity index (χ1n) is 6.61. The van der Waals surface area contributed by atoms with Crippen LogP contribution in [-0.4, -0.2) is 75.5 Å². The van der Waals surface area contributed by atoms with Gasteiger partial charge in [0.1, 0.15) is 24.3 Å². The third-order valence-corrected chi connectivity index (χ3v) is 4.73. The van der Waals surface area contributed by atoms with E-state index in [1.807, 2.05) is 0 Å². The van der Waals surface area contributed by atoms with Gasteiger partial charge in [-0.15, -0.1) is 0 Å². The number of rotatable bonds is 2. The molecule has 18 heavy (non-hydrogen) atoms. The Morgan fingerprint density at radius 3 is 1.50 bits per heavy atom.